The highest BCUT2D eigenvalue weighted by Crippen LogP contribution is 2.19. The van der Waals surface area contributed by atoms with E-state index in [1.165, 1.54) is 0 Å². The molecule has 0 radical (unpaired) electrons. The summed E-state index contributed by atoms with van der Waals surface area (Å²) in [5, 5.41) is 7.81. The minimum absolute atomic E-state index is 0.714. The first-order chi connectivity index (χ1) is 8.74. The molecule has 0 amide bonds. The topological polar surface area (TPSA) is 39.1 Å². The summed E-state index contributed by atoms with van der Waals surface area (Å²) >= 11 is 0. The molecule has 0 aliphatic rings. The standard InChI is InChI=1S/C14H19N3O/c1-4-17-10-11(2)14(16-17)15-9-12-7-5-6-8-13(12)18-3/h5-8,10H,4,9H2,1-3H3,(H,15,16). The maximum atomic E-state index is 5.32. The van der Waals surface area contributed by atoms with Crippen LogP contribution in [0.5, 0.6) is 5.75 Å². The molecular weight excluding hydrogens is 226 g/mol. The Morgan fingerprint density at radius 1 is 1.33 bits per heavy atom. The van der Waals surface area contributed by atoms with E-state index in [0.29, 0.717) is 6.54 Å². The second kappa shape index (κ2) is 5.58. The van der Waals surface area contributed by atoms with E-state index < -0.39 is 0 Å². The van der Waals surface area contributed by atoms with Gasteiger partial charge in [-0.15, -0.1) is 0 Å². The summed E-state index contributed by atoms with van der Waals surface area (Å²) in [5.41, 5.74) is 2.29. The zero-order chi connectivity index (χ0) is 13.0. The molecule has 2 rings (SSSR count). The first-order valence-corrected chi connectivity index (χ1v) is 6.14. The molecule has 0 saturated heterocycles. The lowest BCUT2D eigenvalue weighted by atomic mass is 10.2. The van der Waals surface area contributed by atoms with E-state index in [4.69, 9.17) is 4.74 Å². The van der Waals surface area contributed by atoms with Crippen molar-refractivity contribution in [2.45, 2.75) is 26.9 Å². The third-order valence-electron chi connectivity index (χ3n) is 2.91. The molecule has 2 aromatic rings. The van der Waals surface area contributed by atoms with Gasteiger partial charge < -0.3 is 10.1 Å². The lowest BCUT2D eigenvalue weighted by molar-refractivity contribution is 0.410. The minimum atomic E-state index is 0.714. The molecule has 0 unspecified atom stereocenters. The summed E-state index contributed by atoms with van der Waals surface area (Å²) in [4.78, 5) is 0. The molecule has 4 heteroatoms. The molecule has 0 fully saturated rings. The largest absolute Gasteiger partial charge is 0.496 e. The Morgan fingerprint density at radius 2 is 2.11 bits per heavy atom. The van der Waals surface area contributed by atoms with Gasteiger partial charge in [0.25, 0.3) is 0 Å². The summed E-state index contributed by atoms with van der Waals surface area (Å²) in [6.45, 7) is 5.74. The van der Waals surface area contributed by atoms with Crippen molar-refractivity contribution in [2.75, 3.05) is 12.4 Å². The Morgan fingerprint density at radius 3 is 2.78 bits per heavy atom. The molecule has 1 heterocycles. The average Bonchev–Trinajstić information content (AvgIpc) is 2.77. The maximum Gasteiger partial charge on any atom is 0.151 e. The van der Waals surface area contributed by atoms with Crippen LogP contribution in [0.4, 0.5) is 5.82 Å². The van der Waals surface area contributed by atoms with Gasteiger partial charge in [0.2, 0.25) is 0 Å². The van der Waals surface area contributed by atoms with Crippen LogP contribution in [0.25, 0.3) is 0 Å². The number of hydrogen-bond acceptors (Lipinski definition) is 3. The molecule has 4 nitrogen and oxygen atoms in total. The number of ether oxygens (including phenoxy) is 1. The molecule has 1 aromatic heterocycles. The van der Waals surface area contributed by atoms with Crippen molar-refractivity contribution in [2.24, 2.45) is 0 Å². The normalized spacial score (nSPS) is 10.4. The molecule has 0 atom stereocenters. The highest BCUT2D eigenvalue weighted by Gasteiger charge is 2.05. The summed E-state index contributed by atoms with van der Waals surface area (Å²) < 4.78 is 7.26. The number of hydrogen-bond donors (Lipinski definition) is 1. The van der Waals surface area contributed by atoms with Crippen molar-refractivity contribution in [3.63, 3.8) is 0 Å². The van der Waals surface area contributed by atoms with Crippen LogP contribution >= 0.6 is 0 Å². The van der Waals surface area contributed by atoms with E-state index >= 15 is 0 Å². The lowest BCUT2D eigenvalue weighted by Crippen LogP contribution is -2.04. The number of para-hydroxylation sites is 1. The monoisotopic (exact) mass is 245 g/mol. The third kappa shape index (κ3) is 2.64. The van der Waals surface area contributed by atoms with Crippen molar-refractivity contribution in [3.8, 4) is 5.75 Å². The van der Waals surface area contributed by atoms with Crippen LogP contribution in [0, 0.1) is 6.92 Å². The number of rotatable bonds is 5. The SMILES string of the molecule is CCn1cc(C)c(NCc2ccccc2OC)n1. The van der Waals surface area contributed by atoms with Gasteiger partial charge in [0.05, 0.1) is 7.11 Å². The quantitative estimate of drug-likeness (QED) is 0.880. The van der Waals surface area contributed by atoms with Gasteiger partial charge in [0.1, 0.15) is 5.75 Å². The number of aryl methyl sites for hydroxylation is 2. The molecule has 1 aromatic carbocycles. The highest BCUT2D eigenvalue weighted by atomic mass is 16.5. The predicted molar refractivity (Wildman–Crippen MR) is 73.0 cm³/mol. The number of nitrogens with one attached hydrogen (secondary N) is 1. The van der Waals surface area contributed by atoms with Crippen LogP contribution in [-0.4, -0.2) is 16.9 Å². The summed E-state index contributed by atoms with van der Waals surface area (Å²) in [7, 11) is 1.69. The van der Waals surface area contributed by atoms with Crippen molar-refractivity contribution in [1.82, 2.24) is 9.78 Å². The molecular formula is C14H19N3O. The first kappa shape index (κ1) is 12.5. The van der Waals surface area contributed by atoms with Gasteiger partial charge in [-0.2, -0.15) is 5.10 Å². The molecule has 0 spiro atoms. The van der Waals surface area contributed by atoms with Crippen LogP contribution in [0.3, 0.4) is 0 Å². The van der Waals surface area contributed by atoms with Crippen molar-refractivity contribution in [3.05, 3.63) is 41.6 Å². The molecule has 0 aliphatic heterocycles. The van der Waals surface area contributed by atoms with Crippen molar-refractivity contribution in [1.29, 1.82) is 0 Å². The second-order valence-electron chi connectivity index (χ2n) is 4.18. The Labute approximate surface area is 108 Å². The van der Waals surface area contributed by atoms with Gasteiger partial charge in [-0.25, -0.2) is 0 Å². The van der Waals surface area contributed by atoms with Crippen molar-refractivity contribution < 1.29 is 4.74 Å². The third-order valence-corrected chi connectivity index (χ3v) is 2.91. The number of benzene rings is 1. The maximum absolute atomic E-state index is 5.32. The van der Waals surface area contributed by atoms with E-state index in [0.717, 1.165) is 29.2 Å². The van der Waals surface area contributed by atoms with Crippen LogP contribution < -0.4 is 10.1 Å². The van der Waals surface area contributed by atoms with Crippen LogP contribution in [0.2, 0.25) is 0 Å². The van der Waals surface area contributed by atoms with Gasteiger partial charge >= 0.3 is 0 Å². The second-order valence-corrected chi connectivity index (χ2v) is 4.18. The highest BCUT2D eigenvalue weighted by molar-refractivity contribution is 5.44. The number of aromatic nitrogens is 2. The summed E-state index contributed by atoms with van der Waals surface area (Å²) in [6, 6.07) is 8.00. The molecule has 18 heavy (non-hydrogen) atoms. The summed E-state index contributed by atoms with van der Waals surface area (Å²) in [5.74, 6) is 1.83. The fraction of sp³-hybridized carbons (Fsp3) is 0.357. The van der Waals surface area contributed by atoms with Crippen molar-refractivity contribution >= 4 is 5.82 Å². The smallest absolute Gasteiger partial charge is 0.151 e. The molecule has 0 saturated carbocycles. The average molecular weight is 245 g/mol. The Bertz CT molecular complexity index is 520. The van der Waals surface area contributed by atoms with Crippen LogP contribution in [-0.2, 0) is 13.1 Å². The van der Waals surface area contributed by atoms with Gasteiger partial charge in [0, 0.05) is 30.4 Å². The van der Waals surface area contributed by atoms with Crippen LogP contribution in [0.1, 0.15) is 18.1 Å². The van der Waals surface area contributed by atoms with E-state index in [-0.39, 0.29) is 0 Å². The molecule has 96 valence electrons. The molecule has 0 bridgehead atoms. The zero-order valence-electron chi connectivity index (χ0n) is 11.1. The minimum Gasteiger partial charge on any atom is -0.496 e. The number of nitrogens with zero attached hydrogens (tertiary/aromatic N) is 2. The Balaban J connectivity index is 2.08. The van der Waals surface area contributed by atoms with Gasteiger partial charge in [0.15, 0.2) is 5.82 Å². The lowest BCUT2D eigenvalue weighted by Gasteiger charge is -2.09. The van der Waals surface area contributed by atoms with E-state index in [2.05, 4.69) is 30.3 Å². The Hall–Kier alpha value is -1.97. The fourth-order valence-electron chi connectivity index (χ4n) is 1.89. The van der Waals surface area contributed by atoms with E-state index in [9.17, 15) is 0 Å². The molecule has 0 aliphatic carbocycles. The van der Waals surface area contributed by atoms with Gasteiger partial charge in [-0.05, 0) is 19.9 Å². The van der Waals surface area contributed by atoms with E-state index in [1.54, 1.807) is 7.11 Å². The number of methoxy groups -OCH3 is 1. The Kier molecular flexibility index (Phi) is 3.87. The molecule has 1 N–H and O–H groups in total. The van der Waals surface area contributed by atoms with Crippen LogP contribution in [0.15, 0.2) is 30.5 Å². The first-order valence-electron chi connectivity index (χ1n) is 6.14. The van der Waals surface area contributed by atoms with Gasteiger partial charge in [-0.1, -0.05) is 18.2 Å². The fourth-order valence-corrected chi connectivity index (χ4v) is 1.89. The van der Waals surface area contributed by atoms with Gasteiger partial charge in [-0.3, -0.25) is 4.68 Å². The van der Waals surface area contributed by atoms with E-state index in [1.807, 2.05) is 29.1 Å². The predicted octanol–water partition coefficient (Wildman–Crippen LogP) is 2.83. The zero-order valence-corrected chi connectivity index (χ0v) is 11.1. The summed E-state index contributed by atoms with van der Waals surface area (Å²) in [6.07, 6.45) is 2.05. The number of anilines is 1.